The van der Waals surface area contributed by atoms with E-state index < -0.39 is 21.9 Å². The SMILES string of the molecule is CCOc1cc(/C=C2/SC(=O)N(Cc3ccccc3F)C2=O)cc(I)c1OCc1ccc([N+](=O)[O-])cc1. The molecular weight excluding hydrogens is 614 g/mol. The number of imide groups is 1. The fraction of sp³-hybridized carbons (Fsp3) is 0.154. The number of nitrogens with zero attached hydrogens (tertiary/aromatic N) is 2. The fourth-order valence-corrected chi connectivity index (χ4v) is 5.15. The summed E-state index contributed by atoms with van der Waals surface area (Å²) in [6, 6.07) is 15.6. The number of non-ortho nitro benzene ring substituents is 1. The number of amides is 2. The third-order valence-corrected chi connectivity index (χ3v) is 7.03. The van der Waals surface area contributed by atoms with Gasteiger partial charge in [0, 0.05) is 17.7 Å². The van der Waals surface area contributed by atoms with E-state index in [1.807, 2.05) is 6.92 Å². The molecule has 0 bridgehead atoms. The molecule has 1 saturated heterocycles. The minimum atomic E-state index is -0.496. The number of carbonyl (C=O) groups is 2. The van der Waals surface area contributed by atoms with Crippen LogP contribution < -0.4 is 9.47 Å². The summed E-state index contributed by atoms with van der Waals surface area (Å²) in [6.07, 6.45) is 1.59. The van der Waals surface area contributed by atoms with E-state index in [1.54, 1.807) is 42.5 Å². The maximum Gasteiger partial charge on any atom is 0.293 e. The van der Waals surface area contributed by atoms with Crippen molar-refractivity contribution < 1.29 is 28.4 Å². The maximum absolute atomic E-state index is 14.0. The number of nitro benzene ring substituents is 1. The van der Waals surface area contributed by atoms with Crippen molar-refractivity contribution in [2.24, 2.45) is 0 Å². The van der Waals surface area contributed by atoms with E-state index in [9.17, 15) is 24.1 Å². The minimum Gasteiger partial charge on any atom is -0.490 e. The first-order chi connectivity index (χ1) is 17.8. The monoisotopic (exact) mass is 634 g/mol. The van der Waals surface area contributed by atoms with Crippen molar-refractivity contribution in [2.75, 3.05) is 6.61 Å². The van der Waals surface area contributed by atoms with Gasteiger partial charge in [0.25, 0.3) is 16.8 Å². The van der Waals surface area contributed by atoms with Gasteiger partial charge in [-0.1, -0.05) is 18.2 Å². The van der Waals surface area contributed by atoms with Crippen LogP contribution in [-0.2, 0) is 17.9 Å². The molecule has 190 valence electrons. The van der Waals surface area contributed by atoms with Gasteiger partial charge in [-0.3, -0.25) is 24.6 Å². The Morgan fingerprint density at radius 2 is 1.84 bits per heavy atom. The average molecular weight is 634 g/mol. The topological polar surface area (TPSA) is 99.0 Å². The number of benzene rings is 3. The van der Waals surface area contributed by atoms with Gasteiger partial charge in [0.15, 0.2) is 11.5 Å². The summed E-state index contributed by atoms with van der Waals surface area (Å²) < 4.78 is 26.5. The van der Waals surface area contributed by atoms with Gasteiger partial charge in [-0.2, -0.15) is 0 Å². The highest BCUT2D eigenvalue weighted by atomic mass is 127. The van der Waals surface area contributed by atoms with E-state index in [4.69, 9.17) is 9.47 Å². The molecule has 37 heavy (non-hydrogen) atoms. The first kappa shape index (κ1) is 26.6. The van der Waals surface area contributed by atoms with Crippen molar-refractivity contribution in [1.82, 2.24) is 4.90 Å². The molecule has 0 saturated carbocycles. The minimum absolute atomic E-state index is 0.00370. The first-order valence-electron chi connectivity index (χ1n) is 11.1. The zero-order valence-electron chi connectivity index (χ0n) is 19.5. The van der Waals surface area contributed by atoms with Crippen LogP contribution in [0.25, 0.3) is 6.08 Å². The summed E-state index contributed by atoms with van der Waals surface area (Å²) in [5, 5.41) is 10.4. The molecule has 4 rings (SSSR count). The molecule has 0 spiro atoms. The van der Waals surface area contributed by atoms with Gasteiger partial charge in [0.1, 0.15) is 12.4 Å². The third-order valence-electron chi connectivity index (χ3n) is 5.32. The molecule has 1 fully saturated rings. The Balaban J connectivity index is 1.54. The Labute approximate surface area is 229 Å². The summed E-state index contributed by atoms with van der Waals surface area (Å²) >= 11 is 2.89. The summed E-state index contributed by atoms with van der Waals surface area (Å²) in [5.74, 6) is -0.0331. The van der Waals surface area contributed by atoms with Gasteiger partial charge >= 0.3 is 0 Å². The molecule has 0 unspecified atom stereocenters. The second kappa shape index (κ2) is 11.7. The highest BCUT2D eigenvalue weighted by molar-refractivity contribution is 14.1. The van der Waals surface area contributed by atoms with E-state index in [0.29, 0.717) is 27.2 Å². The van der Waals surface area contributed by atoms with Crippen LogP contribution in [0.1, 0.15) is 23.6 Å². The van der Waals surface area contributed by atoms with E-state index in [-0.39, 0.29) is 29.3 Å². The number of ether oxygens (including phenoxy) is 2. The third kappa shape index (κ3) is 6.28. The summed E-state index contributed by atoms with van der Waals surface area (Å²) in [7, 11) is 0. The number of thioether (sulfide) groups is 1. The lowest BCUT2D eigenvalue weighted by Gasteiger charge is -2.15. The molecule has 2 amide bonds. The Morgan fingerprint density at radius 1 is 1.11 bits per heavy atom. The fourth-order valence-electron chi connectivity index (χ4n) is 3.53. The zero-order valence-corrected chi connectivity index (χ0v) is 22.5. The van der Waals surface area contributed by atoms with Crippen LogP contribution in [0.2, 0.25) is 0 Å². The highest BCUT2D eigenvalue weighted by Crippen LogP contribution is 2.38. The van der Waals surface area contributed by atoms with Gasteiger partial charge in [0.2, 0.25) is 0 Å². The van der Waals surface area contributed by atoms with Gasteiger partial charge in [-0.15, -0.1) is 0 Å². The van der Waals surface area contributed by atoms with Crippen molar-refractivity contribution in [3.05, 3.63) is 102 Å². The van der Waals surface area contributed by atoms with Crippen molar-refractivity contribution in [1.29, 1.82) is 0 Å². The normalized spacial score (nSPS) is 14.4. The number of carbonyl (C=O) groups excluding carboxylic acids is 2. The standard InChI is InChI=1S/C26H20FIN2O6S/c1-2-35-22-12-17(11-21(28)24(22)36-15-16-7-9-19(10-8-16)30(33)34)13-23-25(31)29(26(32)37-23)14-18-5-3-4-6-20(18)27/h3-13H,2,14-15H2,1H3/b23-13+. The second-order valence-electron chi connectivity index (χ2n) is 7.83. The molecule has 11 heteroatoms. The number of halogens is 2. The Kier molecular flexibility index (Phi) is 8.44. The molecule has 3 aromatic carbocycles. The lowest BCUT2D eigenvalue weighted by Crippen LogP contribution is -2.27. The van der Waals surface area contributed by atoms with Crippen LogP contribution >= 0.6 is 34.4 Å². The lowest BCUT2D eigenvalue weighted by atomic mass is 10.1. The predicted octanol–water partition coefficient (Wildman–Crippen LogP) is 6.55. The number of rotatable bonds is 9. The average Bonchev–Trinajstić information content (AvgIpc) is 3.12. The van der Waals surface area contributed by atoms with Crippen molar-refractivity contribution >= 4 is 57.3 Å². The summed E-state index contributed by atoms with van der Waals surface area (Å²) in [4.78, 5) is 37.0. The number of hydrogen-bond donors (Lipinski definition) is 0. The largest absolute Gasteiger partial charge is 0.490 e. The van der Waals surface area contributed by atoms with Crippen molar-refractivity contribution in [3.63, 3.8) is 0 Å². The lowest BCUT2D eigenvalue weighted by molar-refractivity contribution is -0.384. The molecule has 1 aliphatic heterocycles. The molecule has 0 N–H and O–H groups in total. The zero-order chi connectivity index (χ0) is 26.5. The van der Waals surface area contributed by atoms with Gasteiger partial charge in [-0.05, 0) is 88.8 Å². The van der Waals surface area contributed by atoms with E-state index >= 15 is 0 Å². The van der Waals surface area contributed by atoms with E-state index in [0.717, 1.165) is 22.2 Å². The summed E-state index contributed by atoms with van der Waals surface area (Å²) in [6.45, 7) is 2.22. The maximum atomic E-state index is 14.0. The molecule has 8 nitrogen and oxygen atoms in total. The Bertz CT molecular complexity index is 1400. The Hall–Kier alpha value is -3.45. The quantitative estimate of drug-likeness (QED) is 0.114. The van der Waals surface area contributed by atoms with E-state index in [1.165, 1.54) is 24.3 Å². The molecule has 3 aromatic rings. The molecular formula is C26H20FIN2O6S. The number of hydrogen-bond acceptors (Lipinski definition) is 7. The van der Waals surface area contributed by atoms with Crippen LogP contribution in [-0.4, -0.2) is 27.6 Å². The van der Waals surface area contributed by atoms with E-state index in [2.05, 4.69) is 22.6 Å². The van der Waals surface area contributed by atoms with Crippen LogP contribution in [0.5, 0.6) is 11.5 Å². The van der Waals surface area contributed by atoms with Crippen molar-refractivity contribution in [3.8, 4) is 11.5 Å². The van der Waals surface area contributed by atoms with Gasteiger partial charge < -0.3 is 9.47 Å². The molecule has 1 aliphatic rings. The molecule has 0 aromatic heterocycles. The van der Waals surface area contributed by atoms with Gasteiger partial charge in [-0.25, -0.2) is 4.39 Å². The predicted molar refractivity (Wildman–Crippen MR) is 146 cm³/mol. The van der Waals surface area contributed by atoms with Crippen LogP contribution in [0.4, 0.5) is 14.9 Å². The Morgan fingerprint density at radius 3 is 2.51 bits per heavy atom. The first-order valence-corrected chi connectivity index (χ1v) is 13.0. The highest BCUT2D eigenvalue weighted by Gasteiger charge is 2.35. The molecule has 0 atom stereocenters. The van der Waals surface area contributed by atoms with Crippen LogP contribution in [0.3, 0.4) is 0 Å². The molecule has 0 radical (unpaired) electrons. The second-order valence-corrected chi connectivity index (χ2v) is 9.99. The van der Waals surface area contributed by atoms with Crippen molar-refractivity contribution in [2.45, 2.75) is 20.1 Å². The van der Waals surface area contributed by atoms with Crippen LogP contribution in [0, 0.1) is 19.5 Å². The number of nitro groups is 1. The molecule has 0 aliphatic carbocycles. The van der Waals surface area contributed by atoms with Crippen LogP contribution in [0.15, 0.2) is 65.6 Å². The smallest absolute Gasteiger partial charge is 0.293 e. The summed E-state index contributed by atoms with van der Waals surface area (Å²) in [5.41, 5.74) is 1.63. The molecule has 1 heterocycles. The van der Waals surface area contributed by atoms with Gasteiger partial charge in [0.05, 0.1) is 26.6 Å².